The Morgan fingerprint density at radius 2 is 1.62 bits per heavy atom. The third-order valence-electron chi connectivity index (χ3n) is 3.29. The summed E-state index contributed by atoms with van der Waals surface area (Å²) in [6.45, 7) is 4.31. The molecule has 5 heteroatoms. The standard InChI is InChI=1S/C19H21NO4/c1-13(2)12-24-19(22)15-10-8-14(9-11-15)18(21)20-16-6-4-5-7-17(16)23-3/h4-11,13H,12H2,1-3H3,(H,20,21). The highest BCUT2D eigenvalue weighted by Crippen LogP contribution is 2.23. The van der Waals surface area contributed by atoms with E-state index in [0.717, 1.165) is 0 Å². The van der Waals surface area contributed by atoms with Crippen LogP contribution in [0.25, 0.3) is 0 Å². The second-order valence-electron chi connectivity index (χ2n) is 5.72. The van der Waals surface area contributed by atoms with Crippen LogP contribution in [0.1, 0.15) is 34.6 Å². The highest BCUT2D eigenvalue weighted by Gasteiger charge is 2.12. The predicted molar refractivity (Wildman–Crippen MR) is 92.5 cm³/mol. The van der Waals surface area contributed by atoms with Gasteiger partial charge in [-0.15, -0.1) is 0 Å². The molecule has 0 spiro atoms. The first-order valence-electron chi connectivity index (χ1n) is 7.73. The van der Waals surface area contributed by atoms with E-state index < -0.39 is 0 Å². The zero-order chi connectivity index (χ0) is 17.5. The summed E-state index contributed by atoms with van der Waals surface area (Å²) < 4.78 is 10.4. The lowest BCUT2D eigenvalue weighted by molar-refractivity contribution is 0.0458. The van der Waals surface area contributed by atoms with Crippen molar-refractivity contribution in [2.45, 2.75) is 13.8 Å². The van der Waals surface area contributed by atoms with Crippen LogP contribution in [0.2, 0.25) is 0 Å². The van der Waals surface area contributed by atoms with Crippen molar-refractivity contribution in [3.63, 3.8) is 0 Å². The van der Waals surface area contributed by atoms with E-state index in [1.807, 2.05) is 26.0 Å². The Labute approximate surface area is 141 Å². The Hall–Kier alpha value is -2.82. The van der Waals surface area contributed by atoms with Crippen molar-refractivity contribution in [1.82, 2.24) is 0 Å². The Morgan fingerprint density at radius 1 is 1.00 bits per heavy atom. The SMILES string of the molecule is COc1ccccc1NC(=O)c1ccc(C(=O)OCC(C)C)cc1. The molecular formula is C19H21NO4. The number of rotatable bonds is 6. The van der Waals surface area contributed by atoms with E-state index in [1.54, 1.807) is 43.5 Å². The van der Waals surface area contributed by atoms with Crippen LogP contribution in [0.5, 0.6) is 5.75 Å². The Balaban J connectivity index is 2.04. The van der Waals surface area contributed by atoms with Gasteiger partial charge < -0.3 is 14.8 Å². The number of amides is 1. The summed E-state index contributed by atoms with van der Waals surface area (Å²) in [7, 11) is 1.54. The van der Waals surface area contributed by atoms with Crippen molar-refractivity contribution in [3.05, 3.63) is 59.7 Å². The van der Waals surface area contributed by atoms with Crippen LogP contribution in [0, 0.1) is 5.92 Å². The van der Waals surface area contributed by atoms with Crippen molar-refractivity contribution < 1.29 is 19.1 Å². The number of carbonyl (C=O) groups excluding carboxylic acids is 2. The van der Waals surface area contributed by atoms with E-state index in [2.05, 4.69) is 5.32 Å². The number of anilines is 1. The summed E-state index contributed by atoms with van der Waals surface area (Å²) in [5.41, 5.74) is 1.45. The first-order valence-corrected chi connectivity index (χ1v) is 7.73. The lowest BCUT2D eigenvalue weighted by atomic mass is 10.1. The third-order valence-corrected chi connectivity index (χ3v) is 3.29. The lowest BCUT2D eigenvalue weighted by Crippen LogP contribution is -2.14. The number of nitrogens with one attached hydrogen (secondary N) is 1. The normalized spacial score (nSPS) is 10.3. The second kappa shape index (κ2) is 8.15. The molecule has 0 bridgehead atoms. The molecule has 2 aromatic carbocycles. The number of hydrogen-bond acceptors (Lipinski definition) is 4. The van der Waals surface area contributed by atoms with Crippen molar-refractivity contribution in [2.24, 2.45) is 5.92 Å². The predicted octanol–water partition coefficient (Wildman–Crippen LogP) is 3.76. The van der Waals surface area contributed by atoms with Gasteiger partial charge in [0.2, 0.25) is 0 Å². The molecule has 0 unspecified atom stereocenters. The van der Waals surface area contributed by atoms with Crippen LogP contribution >= 0.6 is 0 Å². The van der Waals surface area contributed by atoms with Gasteiger partial charge in [0, 0.05) is 5.56 Å². The van der Waals surface area contributed by atoms with Gasteiger partial charge in [-0.1, -0.05) is 26.0 Å². The number of methoxy groups -OCH3 is 1. The highest BCUT2D eigenvalue weighted by molar-refractivity contribution is 6.05. The molecule has 0 heterocycles. The second-order valence-corrected chi connectivity index (χ2v) is 5.72. The first-order chi connectivity index (χ1) is 11.5. The van der Waals surface area contributed by atoms with Gasteiger partial charge in [0.05, 0.1) is 25.0 Å². The average Bonchev–Trinajstić information content (AvgIpc) is 2.60. The molecule has 0 aromatic heterocycles. The van der Waals surface area contributed by atoms with Crippen molar-refractivity contribution in [2.75, 3.05) is 19.0 Å². The number of hydrogen-bond donors (Lipinski definition) is 1. The van der Waals surface area contributed by atoms with Crippen LogP contribution in [0.4, 0.5) is 5.69 Å². The fraction of sp³-hybridized carbons (Fsp3) is 0.263. The van der Waals surface area contributed by atoms with Gasteiger partial charge in [0.15, 0.2) is 0 Å². The first kappa shape index (κ1) is 17.5. The molecule has 2 rings (SSSR count). The van der Waals surface area contributed by atoms with Gasteiger partial charge in [-0.3, -0.25) is 4.79 Å². The molecule has 0 atom stereocenters. The maximum Gasteiger partial charge on any atom is 0.338 e. The third kappa shape index (κ3) is 4.59. The summed E-state index contributed by atoms with van der Waals surface area (Å²) >= 11 is 0. The Morgan fingerprint density at radius 3 is 2.25 bits per heavy atom. The molecule has 0 radical (unpaired) electrons. The van der Waals surface area contributed by atoms with E-state index in [-0.39, 0.29) is 17.8 Å². The van der Waals surface area contributed by atoms with Gasteiger partial charge in [0.1, 0.15) is 5.75 Å². The highest BCUT2D eigenvalue weighted by atomic mass is 16.5. The maximum atomic E-state index is 12.3. The topological polar surface area (TPSA) is 64.6 Å². The smallest absolute Gasteiger partial charge is 0.338 e. The lowest BCUT2D eigenvalue weighted by Gasteiger charge is -2.10. The minimum atomic E-state index is -0.389. The molecule has 1 N–H and O–H groups in total. The summed E-state index contributed by atoms with van der Waals surface area (Å²) in [5.74, 6) is 0.196. The van der Waals surface area contributed by atoms with Crippen molar-refractivity contribution in [3.8, 4) is 5.75 Å². The molecule has 1 amide bonds. The molecule has 0 aliphatic rings. The molecular weight excluding hydrogens is 306 g/mol. The molecule has 2 aromatic rings. The number of benzene rings is 2. The van der Waals surface area contributed by atoms with E-state index in [9.17, 15) is 9.59 Å². The molecule has 0 fully saturated rings. The van der Waals surface area contributed by atoms with E-state index >= 15 is 0 Å². The zero-order valence-electron chi connectivity index (χ0n) is 14.0. The quantitative estimate of drug-likeness (QED) is 0.821. The summed E-state index contributed by atoms with van der Waals surface area (Å²) in [4.78, 5) is 24.2. The van der Waals surface area contributed by atoms with Gasteiger partial charge in [-0.05, 0) is 42.3 Å². The van der Waals surface area contributed by atoms with Crippen molar-refractivity contribution in [1.29, 1.82) is 0 Å². The van der Waals surface area contributed by atoms with E-state index in [0.29, 0.717) is 29.2 Å². The number of carbonyl (C=O) groups is 2. The molecule has 5 nitrogen and oxygen atoms in total. The van der Waals surface area contributed by atoms with Crippen LogP contribution in [0.3, 0.4) is 0 Å². The molecule has 0 saturated carbocycles. The average molecular weight is 327 g/mol. The van der Waals surface area contributed by atoms with Crippen LogP contribution in [-0.4, -0.2) is 25.6 Å². The molecule has 0 aliphatic carbocycles. The summed E-state index contributed by atoms with van der Waals surface area (Å²) in [5, 5.41) is 2.79. The molecule has 126 valence electrons. The monoisotopic (exact) mass is 327 g/mol. The Kier molecular flexibility index (Phi) is 5.95. The molecule has 0 aliphatic heterocycles. The minimum Gasteiger partial charge on any atom is -0.495 e. The minimum absolute atomic E-state index is 0.276. The number of esters is 1. The Bertz CT molecular complexity index is 708. The summed E-state index contributed by atoms with van der Waals surface area (Å²) in [6.07, 6.45) is 0. The van der Waals surface area contributed by atoms with Crippen molar-refractivity contribution >= 4 is 17.6 Å². The zero-order valence-corrected chi connectivity index (χ0v) is 14.0. The van der Waals surface area contributed by atoms with Crippen LogP contribution in [-0.2, 0) is 4.74 Å². The number of ether oxygens (including phenoxy) is 2. The van der Waals surface area contributed by atoms with Gasteiger partial charge in [-0.25, -0.2) is 4.79 Å². The largest absolute Gasteiger partial charge is 0.495 e. The van der Waals surface area contributed by atoms with Gasteiger partial charge in [0.25, 0.3) is 5.91 Å². The van der Waals surface area contributed by atoms with Crippen LogP contribution in [0.15, 0.2) is 48.5 Å². The fourth-order valence-corrected chi connectivity index (χ4v) is 2.03. The number of para-hydroxylation sites is 2. The molecule has 24 heavy (non-hydrogen) atoms. The fourth-order valence-electron chi connectivity index (χ4n) is 2.03. The van der Waals surface area contributed by atoms with Gasteiger partial charge in [-0.2, -0.15) is 0 Å². The van der Waals surface area contributed by atoms with E-state index in [4.69, 9.17) is 9.47 Å². The van der Waals surface area contributed by atoms with Crippen LogP contribution < -0.4 is 10.1 Å². The van der Waals surface area contributed by atoms with Gasteiger partial charge >= 0.3 is 5.97 Å². The van der Waals surface area contributed by atoms with E-state index in [1.165, 1.54) is 0 Å². The molecule has 0 saturated heterocycles. The maximum absolute atomic E-state index is 12.3. The summed E-state index contributed by atoms with van der Waals surface area (Å²) in [6, 6.07) is 13.5.